The maximum Gasteiger partial charge on any atom is 0.241 e. The van der Waals surface area contributed by atoms with Crippen LogP contribution in [0, 0.1) is 13.8 Å². The van der Waals surface area contributed by atoms with Crippen molar-refractivity contribution < 1.29 is 4.79 Å². The minimum atomic E-state index is 0.154. The summed E-state index contributed by atoms with van der Waals surface area (Å²) in [6.45, 7) is 8.96. The monoisotopic (exact) mass is 365 g/mol. The van der Waals surface area contributed by atoms with Crippen molar-refractivity contribution in [2.24, 2.45) is 0 Å². The van der Waals surface area contributed by atoms with Crippen molar-refractivity contribution in [3.63, 3.8) is 0 Å². The molecule has 0 saturated carbocycles. The third kappa shape index (κ3) is 4.11. The van der Waals surface area contributed by atoms with Gasteiger partial charge >= 0.3 is 0 Å². The predicted octanol–water partition coefficient (Wildman–Crippen LogP) is 2.54. The van der Waals surface area contributed by atoms with Crippen molar-refractivity contribution in [3.8, 4) is 0 Å². The van der Waals surface area contributed by atoms with Crippen LogP contribution in [-0.4, -0.2) is 53.5 Å². The van der Waals surface area contributed by atoms with Gasteiger partial charge in [0, 0.05) is 56.4 Å². The van der Waals surface area contributed by atoms with E-state index in [0.717, 1.165) is 36.8 Å². The fourth-order valence-electron chi connectivity index (χ4n) is 4.00. The summed E-state index contributed by atoms with van der Waals surface area (Å²) in [4.78, 5) is 28.0. The maximum absolute atomic E-state index is 12.7. The molecular formula is C21H27N5O. The number of aryl methyl sites for hydroxylation is 2. The van der Waals surface area contributed by atoms with Gasteiger partial charge in [-0.3, -0.25) is 9.69 Å². The summed E-state index contributed by atoms with van der Waals surface area (Å²) >= 11 is 0. The number of piperazine rings is 1. The lowest BCUT2D eigenvalue weighted by Gasteiger charge is -2.34. The molecule has 0 radical (unpaired) electrons. The van der Waals surface area contributed by atoms with Crippen molar-refractivity contribution in [1.29, 1.82) is 0 Å². The molecule has 0 atom stereocenters. The molecule has 0 spiro atoms. The summed E-state index contributed by atoms with van der Waals surface area (Å²) in [5.74, 6) is 0.979. The molecule has 3 heterocycles. The van der Waals surface area contributed by atoms with Crippen LogP contribution in [0.2, 0.25) is 0 Å². The van der Waals surface area contributed by atoms with Crippen molar-refractivity contribution in [2.45, 2.75) is 33.2 Å². The van der Waals surface area contributed by atoms with E-state index < -0.39 is 0 Å². The second-order valence-electron chi connectivity index (χ2n) is 7.69. The lowest BCUT2D eigenvalue weighted by molar-refractivity contribution is -0.121. The number of hydrogen-bond donors (Lipinski definition) is 0. The number of hydrogen-bond acceptors (Lipinski definition) is 5. The van der Waals surface area contributed by atoms with Gasteiger partial charge in [0.1, 0.15) is 0 Å². The first kappa shape index (κ1) is 17.9. The van der Waals surface area contributed by atoms with E-state index in [1.165, 1.54) is 24.0 Å². The lowest BCUT2D eigenvalue weighted by Crippen LogP contribution is -2.50. The zero-order valence-corrected chi connectivity index (χ0v) is 16.2. The van der Waals surface area contributed by atoms with Crippen LogP contribution in [0.25, 0.3) is 0 Å². The van der Waals surface area contributed by atoms with Crippen LogP contribution < -0.4 is 9.80 Å². The highest BCUT2D eigenvalue weighted by molar-refractivity contribution is 5.95. The minimum Gasteiger partial charge on any atom is -0.341 e. The molecule has 27 heavy (non-hydrogen) atoms. The molecule has 2 aliphatic rings. The molecule has 4 rings (SSSR count). The number of benzene rings is 1. The first-order valence-corrected chi connectivity index (χ1v) is 9.75. The van der Waals surface area contributed by atoms with Crippen LogP contribution in [-0.2, 0) is 11.3 Å². The number of rotatable bonds is 4. The van der Waals surface area contributed by atoms with Crippen molar-refractivity contribution in [3.05, 3.63) is 47.3 Å². The highest BCUT2D eigenvalue weighted by Gasteiger charge is 2.25. The van der Waals surface area contributed by atoms with Gasteiger partial charge in [-0.2, -0.15) is 0 Å². The lowest BCUT2D eigenvalue weighted by atomic mass is 10.1. The quantitative estimate of drug-likeness (QED) is 0.833. The van der Waals surface area contributed by atoms with E-state index in [2.05, 4.69) is 51.8 Å². The first-order chi connectivity index (χ1) is 13.1. The Labute approximate surface area is 160 Å². The van der Waals surface area contributed by atoms with Gasteiger partial charge in [0.05, 0.1) is 6.54 Å². The van der Waals surface area contributed by atoms with E-state index >= 15 is 0 Å². The van der Waals surface area contributed by atoms with Crippen LogP contribution in [0.1, 0.15) is 29.5 Å². The molecule has 6 heteroatoms. The Kier molecular flexibility index (Phi) is 5.07. The molecule has 0 N–H and O–H groups in total. The van der Waals surface area contributed by atoms with Gasteiger partial charge in [0.2, 0.25) is 11.9 Å². The summed E-state index contributed by atoms with van der Waals surface area (Å²) in [6, 6.07) is 6.31. The van der Waals surface area contributed by atoms with E-state index in [0.29, 0.717) is 19.6 Å². The van der Waals surface area contributed by atoms with E-state index in [-0.39, 0.29) is 5.91 Å². The zero-order valence-electron chi connectivity index (χ0n) is 16.2. The van der Waals surface area contributed by atoms with E-state index in [1.807, 2.05) is 17.3 Å². The molecule has 2 aromatic rings. The van der Waals surface area contributed by atoms with Gasteiger partial charge in [-0.25, -0.2) is 9.97 Å². The van der Waals surface area contributed by atoms with E-state index in [4.69, 9.17) is 0 Å². The number of aromatic nitrogens is 2. The largest absolute Gasteiger partial charge is 0.341 e. The summed E-state index contributed by atoms with van der Waals surface area (Å²) < 4.78 is 0. The molecule has 2 saturated heterocycles. The van der Waals surface area contributed by atoms with Crippen LogP contribution >= 0.6 is 0 Å². The number of carbonyl (C=O) groups is 1. The van der Waals surface area contributed by atoms with Crippen molar-refractivity contribution in [2.75, 3.05) is 42.5 Å². The second kappa shape index (κ2) is 7.64. The fourth-order valence-corrected chi connectivity index (χ4v) is 4.00. The van der Waals surface area contributed by atoms with Gasteiger partial charge in [-0.15, -0.1) is 0 Å². The van der Waals surface area contributed by atoms with Gasteiger partial charge in [-0.05, 0) is 49.9 Å². The van der Waals surface area contributed by atoms with Gasteiger partial charge in [0.15, 0.2) is 0 Å². The molecule has 1 aromatic carbocycles. The number of nitrogens with zero attached hydrogens (tertiary/aromatic N) is 5. The third-order valence-electron chi connectivity index (χ3n) is 5.30. The molecule has 0 bridgehead atoms. The van der Waals surface area contributed by atoms with Crippen LogP contribution in [0.15, 0.2) is 30.6 Å². The summed E-state index contributed by atoms with van der Waals surface area (Å²) in [5.41, 5.74) is 4.45. The third-order valence-corrected chi connectivity index (χ3v) is 5.30. The average Bonchev–Trinajstić information content (AvgIpc) is 3.16. The summed E-state index contributed by atoms with van der Waals surface area (Å²) in [5, 5.41) is 0. The van der Waals surface area contributed by atoms with Crippen molar-refractivity contribution >= 4 is 17.5 Å². The summed E-state index contributed by atoms with van der Waals surface area (Å²) in [7, 11) is 0. The zero-order chi connectivity index (χ0) is 18.8. The van der Waals surface area contributed by atoms with Gasteiger partial charge < -0.3 is 9.80 Å². The minimum absolute atomic E-state index is 0.154. The average molecular weight is 365 g/mol. The van der Waals surface area contributed by atoms with Crippen LogP contribution in [0.3, 0.4) is 0 Å². The van der Waals surface area contributed by atoms with Gasteiger partial charge in [-0.1, -0.05) is 6.07 Å². The Bertz CT molecular complexity index is 794. The number of amides is 1. The number of anilines is 2. The molecule has 0 unspecified atom stereocenters. The molecule has 1 aromatic heterocycles. The summed E-state index contributed by atoms with van der Waals surface area (Å²) in [6.07, 6.45) is 6.25. The van der Waals surface area contributed by atoms with Crippen molar-refractivity contribution in [1.82, 2.24) is 14.9 Å². The maximum atomic E-state index is 12.7. The standard InChI is InChI=1S/C21H27N5O/c1-16-9-17(2)11-19(10-16)26-8-7-24(15-20(26)27)14-18-12-22-21(23-13-18)25-5-3-4-6-25/h9-13H,3-8,14-15H2,1-2H3. The molecule has 142 valence electrons. The van der Waals surface area contributed by atoms with E-state index in [1.54, 1.807) is 0 Å². The van der Waals surface area contributed by atoms with Crippen LogP contribution in [0.4, 0.5) is 11.6 Å². The molecule has 2 fully saturated rings. The highest BCUT2D eigenvalue weighted by Crippen LogP contribution is 2.22. The molecule has 1 amide bonds. The highest BCUT2D eigenvalue weighted by atomic mass is 16.2. The smallest absolute Gasteiger partial charge is 0.241 e. The Morgan fingerprint density at radius 2 is 1.59 bits per heavy atom. The first-order valence-electron chi connectivity index (χ1n) is 9.75. The Balaban J connectivity index is 1.37. The molecule has 6 nitrogen and oxygen atoms in total. The molecule has 0 aliphatic carbocycles. The number of carbonyl (C=O) groups excluding carboxylic acids is 1. The normalized spacial score (nSPS) is 18.4. The molecular weight excluding hydrogens is 338 g/mol. The van der Waals surface area contributed by atoms with E-state index in [9.17, 15) is 4.79 Å². The van der Waals surface area contributed by atoms with Crippen LogP contribution in [0.5, 0.6) is 0 Å². The second-order valence-corrected chi connectivity index (χ2v) is 7.69. The Morgan fingerprint density at radius 3 is 2.22 bits per heavy atom. The molecule has 2 aliphatic heterocycles. The Hall–Kier alpha value is -2.47. The van der Waals surface area contributed by atoms with Gasteiger partial charge in [0.25, 0.3) is 0 Å². The topological polar surface area (TPSA) is 52.6 Å². The fraction of sp³-hybridized carbons (Fsp3) is 0.476. The predicted molar refractivity (Wildman–Crippen MR) is 107 cm³/mol. The Morgan fingerprint density at radius 1 is 0.926 bits per heavy atom. The SMILES string of the molecule is Cc1cc(C)cc(N2CCN(Cc3cnc(N4CCCC4)nc3)CC2=O)c1.